The predicted octanol–water partition coefficient (Wildman–Crippen LogP) is 4.93. The second-order valence-corrected chi connectivity index (χ2v) is 8.25. The maximum atomic E-state index is 14.6. The van der Waals surface area contributed by atoms with Gasteiger partial charge >= 0.3 is 0 Å². The summed E-state index contributed by atoms with van der Waals surface area (Å²) in [7, 11) is 0. The van der Waals surface area contributed by atoms with Crippen LogP contribution in [0.25, 0.3) is 11.1 Å². The van der Waals surface area contributed by atoms with Crippen molar-refractivity contribution in [3.63, 3.8) is 0 Å². The minimum Gasteiger partial charge on any atom is -0.366 e. The third-order valence-electron chi connectivity index (χ3n) is 5.64. The van der Waals surface area contributed by atoms with E-state index < -0.39 is 23.4 Å². The Morgan fingerprint density at radius 1 is 1.04 bits per heavy atom. The van der Waals surface area contributed by atoms with E-state index in [0.717, 1.165) is 25.7 Å². The fraction of sp³-hybridized carbons (Fsp3) is 0.409. The Labute approximate surface area is 163 Å². The molecule has 3 nitrogen and oxygen atoms in total. The zero-order valence-corrected chi connectivity index (χ0v) is 16.1. The van der Waals surface area contributed by atoms with Crippen LogP contribution in [0.2, 0.25) is 0 Å². The molecule has 0 bridgehead atoms. The number of carbonyl (C=O) groups is 1. The van der Waals surface area contributed by atoms with Gasteiger partial charge in [0, 0.05) is 29.3 Å². The van der Waals surface area contributed by atoms with Crippen molar-refractivity contribution in [1.82, 2.24) is 5.32 Å². The van der Waals surface area contributed by atoms with Crippen LogP contribution in [-0.2, 0) is 6.54 Å². The van der Waals surface area contributed by atoms with E-state index in [2.05, 4.69) is 19.2 Å². The van der Waals surface area contributed by atoms with Crippen LogP contribution in [0.5, 0.6) is 0 Å². The fourth-order valence-electron chi connectivity index (χ4n) is 3.72. The topological polar surface area (TPSA) is 55.1 Å². The quantitative estimate of drug-likeness (QED) is 0.761. The monoisotopic (exact) mass is 390 g/mol. The molecule has 1 saturated carbocycles. The summed E-state index contributed by atoms with van der Waals surface area (Å²) in [4.78, 5) is 11.3. The highest BCUT2D eigenvalue weighted by molar-refractivity contribution is 5.94. The van der Waals surface area contributed by atoms with Gasteiger partial charge in [-0.25, -0.2) is 13.2 Å². The molecule has 0 aliphatic heterocycles. The molecule has 0 saturated heterocycles. The number of nitrogens with two attached hydrogens (primary N) is 1. The zero-order chi connectivity index (χ0) is 20.5. The summed E-state index contributed by atoms with van der Waals surface area (Å²) in [6.45, 7) is 4.69. The van der Waals surface area contributed by atoms with Gasteiger partial charge in [-0.3, -0.25) is 4.79 Å². The lowest BCUT2D eigenvalue weighted by Crippen LogP contribution is -2.35. The standard InChI is InChI=1S/C22H25F3N2O/c1-22(2)10-8-14(9-11-22)27-12-13-6-7-16(20(25)18(13)23)15-4-3-5-17(19(15)24)21(26)28/h3-7,14,27H,8-12H2,1-2H3,(H2,26,28). The van der Waals surface area contributed by atoms with Crippen molar-refractivity contribution in [3.8, 4) is 11.1 Å². The molecule has 1 aliphatic carbocycles. The van der Waals surface area contributed by atoms with Crippen molar-refractivity contribution in [2.24, 2.45) is 11.1 Å². The Morgan fingerprint density at radius 2 is 1.68 bits per heavy atom. The number of benzene rings is 2. The van der Waals surface area contributed by atoms with E-state index in [0.29, 0.717) is 5.41 Å². The second-order valence-electron chi connectivity index (χ2n) is 8.25. The molecule has 1 aliphatic rings. The first-order valence-electron chi connectivity index (χ1n) is 9.48. The van der Waals surface area contributed by atoms with Gasteiger partial charge in [0.2, 0.25) is 0 Å². The Hall–Kier alpha value is -2.34. The maximum Gasteiger partial charge on any atom is 0.251 e. The average Bonchev–Trinajstić information content (AvgIpc) is 2.64. The molecule has 0 unspecified atom stereocenters. The van der Waals surface area contributed by atoms with Crippen LogP contribution in [0.4, 0.5) is 13.2 Å². The third-order valence-corrected chi connectivity index (χ3v) is 5.64. The molecular formula is C22H25F3N2O. The molecule has 1 fully saturated rings. The molecule has 2 aromatic carbocycles. The third kappa shape index (κ3) is 4.22. The van der Waals surface area contributed by atoms with E-state index in [4.69, 9.17) is 5.73 Å². The summed E-state index contributed by atoms with van der Waals surface area (Å²) in [5, 5.41) is 3.30. The first kappa shape index (κ1) is 20.4. The average molecular weight is 390 g/mol. The van der Waals surface area contributed by atoms with Crippen LogP contribution in [-0.4, -0.2) is 11.9 Å². The van der Waals surface area contributed by atoms with Gasteiger partial charge in [-0.2, -0.15) is 0 Å². The highest BCUT2D eigenvalue weighted by atomic mass is 19.2. The minimum absolute atomic E-state index is 0.192. The van der Waals surface area contributed by atoms with Crippen LogP contribution in [0, 0.1) is 22.9 Å². The molecule has 28 heavy (non-hydrogen) atoms. The summed E-state index contributed by atoms with van der Waals surface area (Å²) >= 11 is 0. The first-order chi connectivity index (χ1) is 13.2. The SMILES string of the molecule is CC1(C)CCC(NCc2ccc(-c3cccc(C(N)=O)c3F)c(F)c2F)CC1. The summed E-state index contributed by atoms with van der Waals surface area (Å²) in [5.74, 6) is -4.06. The Bertz CT molecular complexity index is 886. The lowest BCUT2D eigenvalue weighted by atomic mass is 9.75. The Kier molecular flexibility index (Phi) is 5.79. The number of primary amides is 1. The molecule has 150 valence electrons. The van der Waals surface area contributed by atoms with E-state index in [9.17, 15) is 18.0 Å². The van der Waals surface area contributed by atoms with Gasteiger partial charge in [-0.05, 0) is 37.2 Å². The molecule has 3 rings (SSSR count). The number of halogens is 3. The Morgan fingerprint density at radius 3 is 2.32 bits per heavy atom. The van der Waals surface area contributed by atoms with Gasteiger partial charge in [0.15, 0.2) is 11.6 Å². The number of carbonyl (C=O) groups excluding carboxylic acids is 1. The van der Waals surface area contributed by atoms with Crippen molar-refractivity contribution in [1.29, 1.82) is 0 Å². The summed E-state index contributed by atoms with van der Waals surface area (Å²) in [6.07, 6.45) is 4.19. The lowest BCUT2D eigenvalue weighted by Gasteiger charge is -2.34. The normalized spacial score (nSPS) is 16.9. The summed E-state index contributed by atoms with van der Waals surface area (Å²) < 4.78 is 43.7. The molecule has 0 heterocycles. The van der Waals surface area contributed by atoms with E-state index in [1.807, 2.05) is 0 Å². The maximum absolute atomic E-state index is 14.6. The van der Waals surface area contributed by atoms with Crippen LogP contribution in [0.15, 0.2) is 30.3 Å². The predicted molar refractivity (Wildman–Crippen MR) is 103 cm³/mol. The van der Waals surface area contributed by atoms with E-state index in [-0.39, 0.29) is 34.8 Å². The van der Waals surface area contributed by atoms with E-state index in [1.165, 1.54) is 30.3 Å². The molecule has 3 N–H and O–H groups in total. The second kappa shape index (κ2) is 7.95. The van der Waals surface area contributed by atoms with Gasteiger partial charge in [-0.15, -0.1) is 0 Å². The van der Waals surface area contributed by atoms with Crippen molar-refractivity contribution in [2.75, 3.05) is 0 Å². The van der Waals surface area contributed by atoms with Crippen molar-refractivity contribution < 1.29 is 18.0 Å². The van der Waals surface area contributed by atoms with Crippen LogP contribution >= 0.6 is 0 Å². The molecule has 0 radical (unpaired) electrons. The highest BCUT2D eigenvalue weighted by Crippen LogP contribution is 2.35. The molecule has 0 atom stereocenters. The van der Waals surface area contributed by atoms with E-state index >= 15 is 0 Å². The first-order valence-corrected chi connectivity index (χ1v) is 9.48. The van der Waals surface area contributed by atoms with Crippen LogP contribution in [0.3, 0.4) is 0 Å². The highest BCUT2D eigenvalue weighted by Gasteiger charge is 2.27. The molecule has 2 aromatic rings. The largest absolute Gasteiger partial charge is 0.366 e. The smallest absolute Gasteiger partial charge is 0.251 e. The Balaban J connectivity index is 1.79. The minimum atomic E-state index is -1.13. The number of hydrogen-bond acceptors (Lipinski definition) is 2. The van der Waals surface area contributed by atoms with Gasteiger partial charge < -0.3 is 11.1 Å². The number of amides is 1. The number of hydrogen-bond donors (Lipinski definition) is 2. The van der Waals surface area contributed by atoms with Gasteiger partial charge in [-0.1, -0.05) is 38.1 Å². The van der Waals surface area contributed by atoms with E-state index in [1.54, 1.807) is 0 Å². The molecule has 6 heteroatoms. The summed E-state index contributed by atoms with van der Waals surface area (Å²) in [5.41, 5.74) is 4.87. The molecule has 0 aromatic heterocycles. The molecular weight excluding hydrogens is 365 g/mol. The number of nitrogens with one attached hydrogen (secondary N) is 1. The van der Waals surface area contributed by atoms with Gasteiger partial charge in [0.05, 0.1) is 5.56 Å². The lowest BCUT2D eigenvalue weighted by molar-refractivity contribution is 0.0996. The summed E-state index contributed by atoms with van der Waals surface area (Å²) in [6, 6.07) is 6.95. The van der Waals surface area contributed by atoms with Crippen molar-refractivity contribution >= 4 is 5.91 Å². The van der Waals surface area contributed by atoms with Crippen LogP contribution < -0.4 is 11.1 Å². The fourth-order valence-corrected chi connectivity index (χ4v) is 3.72. The number of rotatable bonds is 5. The van der Waals surface area contributed by atoms with Gasteiger partial charge in [0.25, 0.3) is 5.91 Å². The van der Waals surface area contributed by atoms with Gasteiger partial charge in [0.1, 0.15) is 5.82 Å². The van der Waals surface area contributed by atoms with Crippen molar-refractivity contribution in [2.45, 2.75) is 52.1 Å². The van der Waals surface area contributed by atoms with Crippen LogP contribution in [0.1, 0.15) is 55.5 Å². The zero-order valence-electron chi connectivity index (χ0n) is 16.1. The molecule has 1 amide bonds. The van der Waals surface area contributed by atoms with Crippen molar-refractivity contribution in [3.05, 3.63) is 58.9 Å². The molecule has 0 spiro atoms.